The van der Waals surface area contributed by atoms with Crippen LogP contribution in [-0.4, -0.2) is 33.6 Å². The number of hydrogen-bond acceptors (Lipinski definition) is 4. The molecule has 0 aromatic carbocycles. The van der Waals surface area contributed by atoms with Crippen molar-refractivity contribution in [3.63, 3.8) is 0 Å². The van der Waals surface area contributed by atoms with Gasteiger partial charge in [-0.05, 0) is 27.7 Å². The topological polar surface area (TPSA) is 65.1 Å². The minimum atomic E-state index is -0.805. The second kappa shape index (κ2) is 4.76. The quantitative estimate of drug-likeness (QED) is 0.853. The molecule has 0 saturated heterocycles. The van der Waals surface area contributed by atoms with Gasteiger partial charge in [0.15, 0.2) is 0 Å². The first-order valence-corrected chi connectivity index (χ1v) is 5.71. The van der Waals surface area contributed by atoms with Gasteiger partial charge >= 0.3 is 0 Å². The van der Waals surface area contributed by atoms with E-state index < -0.39 is 5.60 Å². The van der Waals surface area contributed by atoms with Gasteiger partial charge in [-0.2, -0.15) is 10.4 Å². The van der Waals surface area contributed by atoms with Crippen LogP contribution in [0.2, 0.25) is 0 Å². The summed E-state index contributed by atoms with van der Waals surface area (Å²) in [5.41, 5.74) is 0.499. The summed E-state index contributed by atoms with van der Waals surface area (Å²) in [5, 5.41) is 23.3. The molecule has 0 aliphatic carbocycles. The van der Waals surface area contributed by atoms with Gasteiger partial charge < -0.3 is 10.0 Å². The van der Waals surface area contributed by atoms with Crippen LogP contribution in [-0.2, 0) is 7.05 Å². The average Bonchev–Trinajstić information content (AvgIpc) is 2.48. The molecule has 0 saturated carbocycles. The van der Waals surface area contributed by atoms with Crippen LogP contribution in [0.15, 0.2) is 0 Å². The molecule has 0 bridgehead atoms. The van der Waals surface area contributed by atoms with Gasteiger partial charge in [0.25, 0.3) is 0 Å². The first-order chi connectivity index (χ1) is 7.80. The average molecular weight is 236 g/mol. The molecule has 5 nitrogen and oxygen atoms in total. The van der Waals surface area contributed by atoms with E-state index in [1.165, 1.54) is 0 Å². The molecule has 0 radical (unpaired) electrons. The highest BCUT2D eigenvalue weighted by Crippen LogP contribution is 2.23. The van der Waals surface area contributed by atoms with Crippen molar-refractivity contribution in [1.82, 2.24) is 9.78 Å². The summed E-state index contributed by atoms with van der Waals surface area (Å²) in [4.78, 5) is 1.97. The molecular formula is C12H20N4O. The molecule has 17 heavy (non-hydrogen) atoms. The fourth-order valence-corrected chi connectivity index (χ4v) is 1.94. The van der Waals surface area contributed by atoms with Crippen molar-refractivity contribution in [3.05, 3.63) is 11.3 Å². The summed E-state index contributed by atoms with van der Waals surface area (Å²) in [6.07, 6.45) is 0. The summed E-state index contributed by atoms with van der Waals surface area (Å²) < 4.78 is 1.70. The normalized spacial score (nSPS) is 11.4. The molecule has 1 heterocycles. The third kappa shape index (κ3) is 2.98. The molecule has 0 unspecified atom stereocenters. The van der Waals surface area contributed by atoms with Crippen molar-refractivity contribution >= 4 is 5.82 Å². The Bertz CT molecular complexity index is 437. The fraction of sp³-hybridized carbons (Fsp3) is 0.667. The molecule has 0 spiro atoms. The predicted molar refractivity (Wildman–Crippen MR) is 66.8 cm³/mol. The highest BCUT2D eigenvalue weighted by atomic mass is 16.3. The van der Waals surface area contributed by atoms with E-state index in [0.29, 0.717) is 12.1 Å². The number of rotatable bonds is 4. The molecule has 0 fully saturated rings. The Morgan fingerprint density at radius 2 is 2.12 bits per heavy atom. The van der Waals surface area contributed by atoms with E-state index in [9.17, 15) is 5.11 Å². The van der Waals surface area contributed by atoms with Crippen molar-refractivity contribution in [2.75, 3.05) is 18.0 Å². The van der Waals surface area contributed by atoms with E-state index in [4.69, 9.17) is 5.26 Å². The Morgan fingerprint density at radius 3 is 2.53 bits per heavy atom. The number of hydrogen-bond donors (Lipinski definition) is 1. The lowest BCUT2D eigenvalue weighted by molar-refractivity contribution is 0.0872. The standard InChI is InChI=1S/C12H20N4O/c1-6-16(8-12(3,4)17)11-10(7-13)9(2)14-15(11)5/h17H,6,8H2,1-5H3. The Balaban J connectivity index is 3.17. The molecule has 0 amide bonds. The second-order valence-electron chi connectivity index (χ2n) is 4.85. The Hall–Kier alpha value is -1.54. The summed E-state index contributed by atoms with van der Waals surface area (Å²) in [6, 6.07) is 2.18. The van der Waals surface area contributed by atoms with Gasteiger partial charge in [-0.15, -0.1) is 0 Å². The van der Waals surface area contributed by atoms with Crippen LogP contribution < -0.4 is 4.90 Å². The fourth-order valence-electron chi connectivity index (χ4n) is 1.94. The maximum atomic E-state index is 9.89. The molecule has 0 aliphatic rings. The van der Waals surface area contributed by atoms with E-state index in [1.807, 2.05) is 25.8 Å². The Kier molecular flexibility index (Phi) is 3.79. The van der Waals surface area contributed by atoms with Crippen LogP contribution in [0.3, 0.4) is 0 Å². The van der Waals surface area contributed by atoms with Crippen molar-refractivity contribution < 1.29 is 5.11 Å². The zero-order chi connectivity index (χ0) is 13.2. The van der Waals surface area contributed by atoms with Crippen LogP contribution in [0.5, 0.6) is 0 Å². The van der Waals surface area contributed by atoms with Gasteiger partial charge in [-0.25, -0.2) is 0 Å². The van der Waals surface area contributed by atoms with Crippen LogP contribution in [0.1, 0.15) is 32.0 Å². The van der Waals surface area contributed by atoms with Crippen molar-refractivity contribution in [3.8, 4) is 6.07 Å². The first-order valence-electron chi connectivity index (χ1n) is 5.71. The van der Waals surface area contributed by atoms with Gasteiger partial charge in [-0.3, -0.25) is 4.68 Å². The van der Waals surface area contributed by atoms with Crippen molar-refractivity contribution in [2.24, 2.45) is 7.05 Å². The number of aryl methyl sites for hydroxylation is 2. The summed E-state index contributed by atoms with van der Waals surface area (Å²) >= 11 is 0. The third-order valence-electron chi connectivity index (χ3n) is 2.56. The van der Waals surface area contributed by atoms with Gasteiger partial charge in [-0.1, -0.05) is 0 Å². The molecule has 0 aliphatic heterocycles. The number of aliphatic hydroxyl groups is 1. The minimum absolute atomic E-state index is 0.469. The maximum Gasteiger partial charge on any atom is 0.145 e. The van der Waals surface area contributed by atoms with Crippen LogP contribution in [0.25, 0.3) is 0 Å². The maximum absolute atomic E-state index is 9.89. The van der Waals surface area contributed by atoms with E-state index in [2.05, 4.69) is 11.2 Å². The summed E-state index contributed by atoms with van der Waals surface area (Å²) in [7, 11) is 1.82. The van der Waals surface area contributed by atoms with E-state index in [1.54, 1.807) is 18.5 Å². The highest BCUT2D eigenvalue weighted by molar-refractivity contribution is 5.57. The Morgan fingerprint density at radius 1 is 1.53 bits per heavy atom. The predicted octanol–water partition coefficient (Wildman–Crippen LogP) is 1.20. The molecule has 1 N–H and O–H groups in total. The van der Waals surface area contributed by atoms with Crippen LogP contribution >= 0.6 is 0 Å². The monoisotopic (exact) mass is 236 g/mol. The SMILES string of the molecule is CCN(CC(C)(C)O)c1c(C#N)c(C)nn1C. The van der Waals surface area contributed by atoms with Gasteiger partial charge in [0.05, 0.1) is 11.3 Å². The van der Waals surface area contributed by atoms with Crippen molar-refractivity contribution in [2.45, 2.75) is 33.3 Å². The third-order valence-corrected chi connectivity index (χ3v) is 2.56. The molecule has 0 atom stereocenters. The number of anilines is 1. The number of likely N-dealkylation sites (N-methyl/N-ethyl adjacent to an activating group) is 1. The molecule has 1 aromatic heterocycles. The van der Waals surface area contributed by atoms with E-state index >= 15 is 0 Å². The second-order valence-corrected chi connectivity index (χ2v) is 4.85. The van der Waals surface area contributed by atoms with Crippen LogP contribution in [0.4, 0.5) is 5.82 Å². The van der Waals surface area contributed by atoms with E-state index in [0.717, 1.165) is 18.1 Å². The van der Waals surface area contributed by atoms with Crippen molar-refractivity contribution in [1.29, 1.82) is 5.26 Å². The molecule has 5 heteroatoms. The van der Waals surface area contributed by atoms with Gasteiger partial charge in [0.1, 0.15) is 17.5 Å². The minimum Gasteiger partial charge on any atom is -0.389 e. The zero-order valence-corrected chi connectivity index (χ0v) is 11.2. The van der Waals surface area contributed by atoms with Gasteiger partial charge in [0, 0.05) is 20.1 Å². The smallest absolute Gasteiger partial charge is 0.145 e. The Labute approximate surface area is 102 Å². The number of nitrogens with zero attached hydrogens (tertiary/aromatic N) is 4. The summed E-state index contributed by atoms with van der Waals surface area (Å²) in [5.74, 6) is 0.773. The van der Waals surface area contributed by atoms with Gasteiger partial charge in [0.2, 0.25) is 0 Å². The molecule has 1 aromatic rings. The highest BCUT2D eigenvalue weighted by Gasteiger charge is 2.23. The number of nitriles is 1. The first kappa shape index (κ1) is 13.5. The lowest BCUT2D eigenvalue weighted by atomic mass is 10.1. The number of aromatic nitrogens is 2. The largest absolute Gasteiger partial charge is 0.389 e. The molecular weight excluding hydrogens is 216 g/mol. The molecule has 1 rings (SSSR count). The zero-order valence-electron chi connectivity index (χ0n) is 11.2. The van der Waals surface area contributed by atoms with Crippen LogP contribution in [0, 0.1) is 18.3 Å². The lowest BCUT2D eigenvalue weighted by Gasteiger charge is -2.29. The van der Waals surface area contributed by atoms with E-state index in [-0.39, 0.29) is 0 Å². The molecule has 94 valence electrons. The lowest BCUT2D eigenvalue weighted by Crippen LogP contribution is -2.39. The summed E-state index contributed by atoms with van der Waals surface area (Å²) in [6.45, 7) is 8.51.